The lowest BCUT2D eigenvalue weighted by Crippen LogP contribution is -2.45. The predicted octanol–water partition coefficient (Wildman–Crippen LogP) is 4.55. The van der Waals surface area contributed by atoms with Crippen LogP contribution in [0.5, 0.6) is 0 Å². The Bertz CT molecular complexity index is 1040. The number of aromatic nitrogens is 1. The van der Waals surface area contributed by atoms with Gasteiger partial charge in [0.1, 0.15) is 0 Å². The lowest BCUT2D eigenvalue weighted by Gasteiger charge is -2.39. The van der Waals surface area contributed by atoms with Crippen LogP contribution < -0.4 is 0 Å². The summed E-state index contributed by atoms with van der Waals surface area (Å²) in [5, 5.41) is 2.77. The first-order valence-electron chi connectivity index (χ1n) is 9.21. The van der Waals surface area contributed by atoms with Crippen molar-refractivity contribution in [3.05, 3.63) is 76.6 Å². The molecule has 2 aromatic carbocycles. The highest BCUT2D eigenvalue weighted by Crippen LogP contribution is 2.43. The van der Waals surface area contributed by atoms with Crippen LogP contribution in [0.1, 0.15) is 34.3 Å². The molecular formula is C22H19ClN2O2. The van der Waals surface area contributed by atoms with E-state index >= 15 is 0 Å². The number of fused-ring (bicyclic) bond motifs is 3. The van der Waals surface area contributed by atoms with E-state index in [1.165, 1.54) is 11.1 Å². The smallest absolute Gasteiger partial charge is 0.253 e. The molecule has 0 aliphatic carbocycles. The van der Waals surface area contributed by atoms with Gasteiger partial charge in [-0.25, -0.2) is 0 Å². The van der Waals surface area contributed by atoms with E-state index < -0.39 is 0 Å². The maximum absolute atomic E-state index is 13.0. The molecule has 5 heteroatoms. The van der Waals surface area contributed by atoms with E-state index in [2.05, 4.69) is 4.98 Å². The van der Waals surface area contributed by atoms with E-state index in [1.807, 2.05) is 59.8 Å². The van der Waals surface area contributed by atoms with Gasteiger partial charge in [0.2, 0.25) is 0 Å². The summed E-state index contributed by atoms with van der Waals surface area (Å²) >= 11 is 6.05. The molecule has 136 valence electrons. The van der Waals surface area contributed by atoms with E-state index in [9.17, 15) is 4.79 Å². The maximum atomic E-state index is 13.0. The number of ether oxygens (including phenoxy) is 1. The van der Waals surface area contributed by atoms with Gasteiger partial charge in [0.15, 0.2) is 0 Å². The molecule has 0 atom stereocenters. The lowest BCUT2D eigenvalue weighted by molar-refractivity contribution is -0.0742. The van der Waals surface area contributed by atoms with Crippen molar-refractivity contribution in [3.63, 3.8) is 0 Å². The van der Waals surface area contributed by atoms with Crippen molar-refractivity contribution in [2.45, 2.75) is 25.0 Å². The number of piperidine rings is 1. The summed E-state index contributed by atoms with van der Waals surface area (Å²) in [7, 11) is 0. The molecule has 0 saturated carbocycles. The van der Waals surface area contributed by atoms with E-state index in [-0.39, 0.29) is 11.5 Å². The van der Waals surface area contributed by atoms with Crippen LogP contribution in [0.25, 0.3) is 10.8 Å². The second-order valence-corrected chi connectivity index (χ2v) is 7.75. The Morgan fingerprint density at radius 3 is 2.70 bits per heavy atom. The minimum Gasteiger partial charge on any atom is -0.365 e. The number of nitrogens with zero attached hydrogens (tertiary/aromatic N) is 2. The molecule has 0 N–H and O–H groups in total. The highest BCUT2D eigenvalue weighted by Gasteiger charge is 2.43. The Morgan fingerprint density at radius 2 is 1.85 bits per heavy atom. The van der Waals surface area contributed by atoms with E-state index in [4.69, 9.17) is 16.3 Å². The molecule has 1 fully saturated rings. The minimum atomic E-state index is -0.277. The van der Waals surface area contributed by atoms with Gasteiger partial charge in [-0.2, -0.15) is 0 Å². The van der Waals surface area contributed by atoms with Gasteiger partial charge < -0.3 is 9.64 Å². The van der Waals surface area contributed by atoms with Gasteiger partial charge >= 0.3 is 0 Å². The Balaban J connectivity index is 1.35. The zero-order valence-electron chi connectivity index (χ0n) is 14.8. The molecule has 27 heavy (non-hydrogen) atoms. The number of amides is 1. The van der Waals surface area contributed by atoms with Crippen LogP contribution in [0.4, 0.5) is 0 Å². The van der Waals surface area contributed by atoms with E-state index in [0.29, 0.717) is 24.7 Å². The maximum Gasteiger partial charge on any atom is 0.253 e. The fraction of sp³-hybridized carbons (Fsp3) is 0.273. The van der Waals surface area contributed by atoms with E-state index in [0.717, 1.165) is 29.2 Å². The number of rotatable bonds is 1. The SMILES string of the molecule is O=C(c1ccc2cc(Cl)ccc2c1)N1CCC2(CC1)OCc1ccncc12. The van der Waals surface area contributed by atoms with E-state index in [1.54, 1.807) is 0 Å². The fourth-order valence-electron chi connectivity index (χ4n) is 4.27. The van der Waals surface area contributed by atoms with Crippen LogP contribution in [0.15, 0.2) is 54.9 Å². The number of carbonyl (C=O) groups is 1. The third-order valence-corrected chi connectivity index (χ3v) is 6.05. The number of halogens is 1. The Kier molecular flexibility index (Phi) is 3.92. The van der Waals surface area contributed by atoms with Crippen molar-refractivity contribution < 1.29 is 9.53 Å². The van der Waals surface area contributed by atoms with Gasteiger partial charge in [-0.05, 0) is 59.5 Å². The molecule has 1 amide bonds. The van der Waals surface area contributed by atoms with Crippen LogP contribution in [0.3, 0.4) is 0 Å². The van der Waals surface area contributed by atoms with Gasteiger partial charge in [-0.15, -0.1) is 0 Å². The first-order chi connectivity index (χ1) is 13.1. The zero-order valence-corrected chi connectivity index (χ0v) is 15.6. The first-order valence-corrected chi connectivity index (χ1v) is 9.58. The number of benzene rings is 2. The summed E-state index contributed by atoms with van der Waals surface area (Å²) in [5.41, 5.74) is 2.85. The fourth-order valence-corrected chi connectivity index (χ4v) is 4.45. The van der Waals surface area contributed by atoms with Gasteiger partial charge in [-0.3, -0.25) is 9.78 Å². The molecule has 0 unspecified atom stereocenters. The van der Waals surface area contributed by atoms with Gasteiger partial charge in [0, 0.05) is 41.6 Å². The molecule has 2 aliphatic heterocycles. The summed E-state index contributed by atoms with van der Waals surface area (Å²) in [6, 6.07) is 13.5. The summed E-state index contributed by atoms with van der Waals surface area (Å²) in [5.74, 6) is 0.0751. The minimum absolute atomic E-state index is 0.0751. The average Bonchev–Trinajstić information content (AvgIpc) is 3.06. The van der Waals surface area contributed by atoms with Gasteiger partial charge in [0.25, 0.3) is 5.91 Å². The van der Waals surface area contributed by atoms with Crippen LogP contribution >= 0.6 is 11.6 Å². The molecule has 5 rings (SSSR count). The van der Waals surface area contributed by atoms with Crippen LogP contribution in [0, 0.1) is 0 Å². The standard InChI is InChI=1S/C22H19ClN2O2/c23-19-4-3-15-11-17(2-1-16(15)12-19)21(26)25-9-6-22(7-10-25)20-13-24-8-5-18(20)14-27-22/h1-5,8,11-13H,6-7,9-10,14H2. The Hall–Kier alpha value is -2.43. The normalized spacial score (nSPS) is 18.0. The van der Waals surface area contributed by atoms with Crippen LogP contribution in [-0.4, -0.2) is 28.9 Å². The zero-order chi connectivity index (χ0) is 18.4. The predicted molar refractivity (Wildman–Crippen MR) is 105 cm³/mol. The molecule has 1 aromatic heterocycles. The summed E-state index contributed by atoms with van der Waals surface area (Å²) in [6.45, 7) is 2.01. The van der Waals surface area contributed by atoms with Crippen molar-refractivity contribution in [3.8, 4) is 0 Å². The molecule has 2 aliphatic rings. The number of carbonyl (C=O) groups excluding carboxylic acids is 1. The van der Waals surface area contributed by atoms with Crippen molar-refractivity contribution in [2.24, 2.45) is 0 Å². The number of likely N-dealkylation sites (tertiary alicyclic amines) is 1. The van der Waals surface area contributed by atoms with Gasteiger partial charge in [0.05, 0.1) is 12.2 Å². The molecule has 1 spiro atoms. The second kappa shape index (κ2) is 6.32. The van der Waals surface area contributed by atoms with Crippen molar-refractivity contribution >= 4 is 28.3 Å². The Morgan fingerprint density at radius 1 is 1.07 bits per heavy atom. The van der Waals surface area contributed by atoms with Crippen molar-refractivity contribution in [2.75, 3.05) is 13.1 Å². The summed E-state index contributed by atoms with van der Waals surface area (Å²) in [6.07, 6.45) is 5.35. The third kappa shape index (κ3) is 2.80. The Labute approximate surface area is 162 Å². The third-order valence-electron chi connectivity index (χ3n) is 5.81. The molecule has 0 radical (unpaired) electrons. The highest BCUT2D eigenvalue weighted by atomic mass is 35.5. The quantitative estimate of drug-likeness (QED) is 0.623. The first kappa shape index (κ1) is 16.7. The molecule has 0 bridgehead atoms. The number of pyridine rings is 1. The van der Waals surface area contributed by atoms with Gasteiger partial charge in [-0.1, -0.05) is 23.7 Å². The second-order valence-electron chi connectivity index (χ2n) is 7.31. The lowest BCUT2D eigenvalue weighted by atomic mass is 9.84. The summed E-state index contributed by atoms with van der Waals surface area (Å²) in [4.78, 5) is 19.2. The molecule has 4 nitrogen and oxygen atoms in total. The highest BCUT2D eigenvalue weighted by molar-refractivity contribution is 6.31. The monoisotopic (exact) mass is 378 g/mol. The number of hydrogen-bond acceptors (Lipinski definition) is 3. The average molecular weight is 379 g/mol. The van der Waals surface area contributed by atoms with Crippen molar-refractivity contribution in [1.82, 2.24) is 9.88 Å². The molecule has 3 heterocycles. The molecular weight excluding hydrogens is 360 g/mol. The van der Waals surface area contributed by atoms with Crippen LogP contribution in [0.2, 0.25) is 5.02 Å². The molecule has 3 aromatic rings. The van der Waals surface area contributed by atoms with Crippen molar-refractivity contribution in [1.29, 1.82) is 0 Å². The van der Waals surface area contributed by atoms with Crippen LogP contribution in [-0.2, 0) is 16.9 Å². The largest absolute Gasteiger partial charge is 0.365 e. The number of hydrogen-bond donors (Lipinski definition) is 0. The topological polar surface area (TPSA) is 42.4 Å². The molecule has 1 saturated heterocycles. The summed E-state index contributed by atoms with van der Waals surface area (Å²) < 4.78 is 6.16.